The van der Waals surface area contributed by atoms with Crippen molar-refractivity contribution in [1.82, 2.24) is 15.6 Å². The average Bonchev–Trinajstić information content (AvgIpc) is 2.99. The summed E-state index contributed by atoms with van der Waals surface area (Å²) < 4.78 is 19.3. The predicted octanol–water partition coefficient (Wildman–Crippen LogP) is 1.93. The van der Waals surface area contributed by atoms with Gasteiger partial charge in [0.25, 0.3) is 0 Å². The van der Waals surface area contributed by atoms with Crippen LogP contribution in [0.15, 0.2) is 17.2 Å². The number of phenols is 1. The minimum Gasteiger partial charge on any atom is -0.507 e. The monoisotopic (exact) mass is 380 g/mol. The number of morpholine rings is 1. The van der Waals surface area contributed by atoms with E-state index < -0.39 is 0 Å². The van der Waals surface area contributed by atoms with E-state index in [1.165, 1.54) is 12.1 Å². The molecule has 0 unspecified atom stereocenters. The second kappa shape index (κ2) is 8.75. The number of hydrogen-bond donors (Lipinski definition) is 3. The van der Waals surface area contributed by atoms with Crippen molar-refractivity contribution in [2.75, 3.05) is 39.4 Å². The number of benzene rings is 1. The van der Waals surface area contributed by atoms with Crippen LogP contribution in [0.4, 0.5) is 4.39 Å². The SMILES string of the molecule is C[C@H]1C/C(=N\NC(=S)NCCCN2CCOCC2)c2c(O)ccc(F)c21. The van der Waals surface area contributed by atoms with Crippen LogP contribution in [0.25, 0.3) is 0 Å². The molecule has 1 aromatic carbocycles. The summed E-state index contributed by atoms with van der Waals surface area (Å²) in [7, 11) is 0. The van der Waals surface area contributed by atoms with E-state index in [2.05, 4.69) is 20.7 Å². The van der Waals surface area contributed by atoms with E-state index in [9.17, 15) is 9.50 Å². The standard InChI is InChI=1S/C18H25FN4O2S/c1-12-11-14(17-15(24)4-3-13(19)16(12)17)21-22-18(26)20-5-2-6-23-7-9-25-10-8-23/h3-4,12,24H,2,5-11H2,1H3,(H2,20,22,26)/b21-14+/t12-/m0/s1. The Hall–Kier alpha value is -1.77. The molecule has 0 aromatic heterocycles. The summed E-state index contributed by atoms with van der Waals surface area (Å²) in [6, 6.07) is 2.66. The number of rotatable bonds is 5. The van der Waals surface area contributed by atoms with Gasteiger partial charge in [0.05, 0.1) is 18.9 Å². The Morgan fingerprint density at radius 2 is 2.19 bits per heavy atom. The highest BCUT2D eigenvalue weighted by Crippen LogP contribution is 2.39. The summed E-state index contributed by atoms with van der Waals surface area (Å²) in [4.78, 5) is 2.37. The molecule has 1 fully saturated rings. The highest BCUT2D eigenvalue weighted by atomic mass is 32.1. The Balaban J connectivity index is 1.48. The van der Waals surface area contributed by atoms with Crippen molar-refractivity contribution in [3.05, 3.63) is 29.1 Å². The van der Waals surface area contributed by atoms with Gasteiger partial charge in [0.1, 0.15) is 11.6 Å². The molecule has 1 aliphatic carbocycles. The van der Waals surface area contributed by atoms with E-state index in [1.807, 2.05) is 6.92 Å². The van der Waals surface area contributed by atoms with Gasteiger partial charge in [-0.2, -0.15) is 5.10 Å². The third-order valence-corrected chi connectivity index (χ3v) is 5.02. The minimum atomic E-state index is -0.306. The van der Waals surface area contributed by atoms with Crippen LogP contribution in [-0.4, -0.2) is 60.2 Å². The third-order valence-electron chi connectivity index (χ3n) is 4.78. The van der Waals surface area contributed by atoms with Crippen LogP contribution in [0, 0.1) is 5.82 Å². The highest BCUT2D eigenvalue weighted by molar-refractivity contribution is 7.80. The maximum atomic E-state index is 14.0. The van der Waals surface area contributed by atoms with E-state index in [1.54, 1.807) is 0 Å². The molecule has 0 radical (unpaired) electrons. The topological polar surface area (TPSA) is 69.1 Å². The summed E-state index contributed by atoms with van der Waals surface area (Å²) in [5.41, 5.74) is 4.45. The zero-order valence-electron chi connectivity index (χ0n) is 14.9. The van der Waals surface area contributed by atoms with Gasteiger partial charge in [-0.15, -0.1) is 0 Å². The van der Waals surface area contributed by atoms with Gasteiger partial charge in [0.2, 0.25) is 0 Å². The van der Waals surface area contributed by atoms with Gasteiger partial charge >= 0.3 is 0 Å². The lowest BCUT2D eigenvalue weighted by atomic mass is 10.0. The molecule has 3 N–H and O–H groups in total. The van der Waals surface area contributed by atoms with E-state index in [4.69, 9.17) is 17.0 Å². The van der Waals surface area contributed by atoms with Crippen molar-refractivity contribution in [3.8, 4) is 5.75 Å². The van der Waals surface area contributed by atoms with E-state index in [-0.39, 0.29) is 17.5 Å². The van der Waals surface area contributed by atoms with Crippen LogP contribution < -0.4 is 10.7 Å². The van der Waals surface area contributed by atoms with Crippen molar-refractivity contribution in [2.45, 2.75) is 25.7 Å². The van der Waals surface area contributed by atoms with E-state index in [0.717, 1.165) is 45.8 Å². The number of ether oxygens (including phenoxy) is 1. The number of phenolic OH excluding ortho intramolecular Hbond substituents is 1. The van der Waals surface area contributed by atoms with Crippen LogP contribution >= 0.6 is 12.2 Å². The molecule has 3 rings (SSSR count). The van der Waals surface area contributed by atoms with E-state index in [0.29, 0.717) is 28.4 Å². The van der Waals surface area contributed by atoms with Crippen molar-refractivity contribution >= 4 is 23.0 Å². The zero-order chi connectivity index (χ0) is 18.5. The molecular formula is C18H25FN4O2S. The fraction of sp³-hybridized carbons (Fsp3) is 0.556. The average molecular weight is 380 g/mol. The maximum Gasteiger partial charge on any atom is 0.186 e. The molecule has 0 spiro atoms. The van der Waals surface area contributed by atoms with Gasteiger partial charge in [-0.3, -0.25) is 10.3 Å². The second-order valence-corrected chi connectivity index (χ2v) is 7.10. The molecule has 1 aromatic rings. The first-order chi connectivity index (χ1) is 12.6. The van der Waals surface area contributed by atoms with Crippen molar-refractivity contribution in [3.63, 3.8) is 0 Å². The number of nitrogens with zero attached hydrogens (tertiary/aromatic N) is 2. The molecule has 1 atom stereocenters. The quantitative estimate of drug-likeness (QED) is 0.412. The van der Waals surface area contributed by atoms with Crippen LogP contribution in [0.5, 0.6) is 5.75 Å². The number of hydrogen-bond acceptors (Lipinski definition) is 5. The first kappa shape index (κ1) is 19.0. The minimum absolute atomic E-state index is 0.0206. The first-order valence-electron chi connectivity index (χ1n) is 8.98. The van der Waals surface area contributed by atoms with Gasteiger partial charge in [-0.05, 0) is 49.7 Å². The molecule has 2 aliphatic rings. The molecule has 1 aliphatic heterocycles. The number of halogens is 1. The van der Waals surface area contributed by atoms with Crippen LogP contribution in [0.3, 0.4) is 0 Å². The fourth-order valence-electron chi connectivity index (χ4n) is 3.45. The van der Waals surface area contributed by atoms with Crippen LogP contribution in [0.1, 0.15) is 36.8 Å². The molecule has 26 heavy (non-hydrogen) atoms. The lowest BCUT2D eigenvalue weighted by Gasteiger charge is -2.26. The summed E-state index contributed by atoms with van der Waals surface area (Å²) in [6.07, 6.45) is 1.54. The largest absolute Gasteiger partial charge is 0.507 e. The molecule has 1 heterocycles. The normalized spacial score (nSPS) is 21.6. The third kappa shape index (κ3) is 4.49. The maximum absolute atomic E-state index is 14.0. The smallest absolute Gasteiger partial charge is 0.186 e. The Morgan fingerprint density at radius 1 is 1.42 bits per heavy atom. The lowest BCUT2D eigenvalue weighted by Crippen LogP contribution is -2.39. The van der Waals surface area contributed by atoms with Gasteiger partial charge in [-0.25, -0.2) is 4.39 Å². The van der Waals surface area contributed by atoms with Gasteiger partial charge in [-0.1, -0.05) is 6.92 Å². The molecular weight excluding hydrogens is 355 g/mol. The molecule has 8 heteroatoms. The van der Waals surface area contributed by atoms with Gasteiger partial charge < -0.3 is 15.2 Å². The van der Waals surface area contributed by atoms with Crippen molar-refractivity contribution < 1.29 is 14.2 Å². The second-order valence-electron chi connectivity index (χ2n) is 6.69. The van der Waals surface area contributed by atoms with Crippen molar-refractivity contribution in [2.24, 2.45) is 5.10 Å². The fourth-order valence-corrected chi connectivity index (χ4v) is 3.60. The Bertz CT molecular complexity index is 692. The predicted molar refractivity (Wildman–Crippen MR) is 103 cm³/mol. The molecule has 1 saturated heterocycles. The molecule has 0 bridgehead atoms. The summed E-state index contributed by atoms with van der Waals surface area (Å²) in [5, 5.41) is 17.9. The van der Waals surface area contributed by atoms with Crippen molar-refractivity contribution in [1.29, 1.82) is 0 Å². The molecule has 0 amide bonds. The number of fused-ring (bicyclic) bond motifs is 1. The van der Waals surface area contributed by atoms with Gasteiger partial charge in [0.15, 0.2) is 5.11 Å². The summed E-state index contributed by atoms with van der Waals surface area (Å²) >= 11 is 5.25. The summed E-state index contributed by atoms with van der Waals surface area (Å²) in [5.74, 6) is -0.275. The lowest BCUT2D eigenvalue weighted by molar-refractivity contribution is 0.0376. The zero-order valence-corrected chi connectivity index (χ0v) is 15.7. The van der Waals surface area contributed by atoms with E-state index >= 15 is 0 Å². The number of hydrazone groups is 1. The molecule has 6 nitrogen and oxygen atoms in total. The highest BCUT2D eigenvalue weighted by Gasteiger charge is 2.30. The number of thiocarbonyl (C=S) groups is 1. The first-order valence-corrected chi connectivity index (χ1v) is 9.39. The Kier molecular flexibility index (Phi) is 6.39. The van der Waals surface area contributed by atoms with Gasteiger partial charge in [0, 0.05) is 30.8 Å². The Labute approximate surface area is 158 Å². The number of aromatic hydroxyl groups is 1. The van der Waals surface area contributed by atoms with Crippen LogP contribution in [-0.2, 0) is 4.74 Å². The number of nitrogens with one attached hydrogen (secondary N) is 2. The summed E-state index contributed by atoms with van der Waals surface area (Å²) in [6.45, 7) is 7.25. The molecule has 142 valence electrons. The van der Waals surface area contributed by atoms with Crippen LogP contribution in [0.2, 0.25) is 0 Å². The Morgan fingerprint density at radius 3 is 2.96 bits per heavy atom. The molecule has 0 saturated carbocycles.